The van der Waals surface area contributed by atoms with Gasteiger partial charge in [-0.2, -0.15) is 5.26 Å². The maximum atomic E-state index is 8.64. The Kier molecular flexibility index (Phi) is 5.60. The van der Waals surface area contributed by atoms with Crippen LogP contribution >= 0.6 is 0 Å². The lowest BCUT2D eigenvalue weighted by Crippen LogP contribution is -2.27. The third-order valence-corrected chi connectivity index (χ3v) is 2.86. The highest BCUT2D eigenvalue weighted by molar-refractivity contribution is 5.22. The summed E-state index contributed by atoms with van der Waals surface area (Å²) in [4.78, 5) is 0. The van der Waals surface area contributed by atoms with Crippen molar-refractivity contribution in [2.45, 2.75) is 45.7 Å². The fourth-order valence-electron chi connectivity index (χ4n) is 1.63. The molecule has 0 fully saturated rings. The van der Waals surface area contributed by atoms with E-state index >= 15 is 0 Å². The maximum absolute atomic E-state index is 8.64. The Morgan fingerprint density at radius 2 is 1.81 bits per heavy atom. The summed E-state index contributed by atoms with van der Waals surface area (Å²) in [5.74, 6) is 0. The zero-order valence-electron chi connectivity index (χ0n) is 10.2. The van der Waals surface area contributed by atoms with E-state index in [1.54, 1.807) is 0 Å². The van der Waals surface area contributed by atoms with Crippen LogP contribution in [0.2, 0.25) is 0 Å². The third-order valence-electron chi connectivity index (χ3n) is 2.86. The molecule has 0 radical (unpaired) electrons. The Bertz CT molecular complexity index is 335. The van der Waals surface area contributed by atoms with Crippen molar-refractivity contribution in [2.75, 3.05) is 0 Å². The molecule has 16 heavy (non-hydrogen) atoms. The van der Waals surface area contributed by atoms with E-state index in [2.05, 4.69) is 49.5 Å². The van der Waals surface area contributed by atoms with E-state index in [0.717, 1.165) is 19.4 Å². The fourth-order valence-corrected chi connectivity index (χ4v) is 1.63. The van der Waals surface area contributed by atoms with E-state index in [-0.39, 0.29) is 0 Å². The molecule has 0 aliphatic heterocycles. The number of aryl methyl sites for hydroxylation is 1. The quantitative estimate of drug-likeness (QED) is 0.793. The summed E-state index contributed by atoms with van der Waals surface area (Å²) in [6.45, 7) is 5.12. The number of hydrogen-bond donors (Lipinski definition) is 1. The average molecular weight is 216 g/mol. The molecule has 1 aromatic rings. The van der Waals surface area contributed by atoms with Crippen molar-refractivity contribution in [3.05, 3.63) is 35.4 Å². The van der Waals surface area contributed by atoms with Crippen LogP contribution in [0.15, 0.2) is 24.3 Å². The van der Waals surface area contributed by atoms with Gasteiger partial charge in [0.15, 0.2) is 0 Å². The number of hydrogen-bond acceptors (Lipinski definition) is 2. The highest BCUT2D eigenvalue weighted by atomic mass is 14.9. The molecule has 1 atom stereocenters. The molecule has 1 N–H and O–H groups in total. The lowest BCUT2D eigenvalue weighted by Gasteiger charge is -2.13. The van der Waals surface area contributed by atoms with Crippen molar-refractivity contribution in [1.29, 1.82) is 5.26 Å². The van der Waals surface area contributed by atoms with Crippen LogP contribution in [0.5, 0.6) is 0 Å². The van der Waals surface area contributed by atoms with Crippen LogP contribution in [0.3, 0.4) is 0 Å². The van der Waals surface area contributed by atoms with E-state index in [1.165, 1.54) is 11.1 Å². The maximum Gasteiger partial charge on any atom is 0.0638 e. The van der Waals surface area contributed by atoms with Crippen molar-refractivity contribution in [3.63, 3.8) is 0 Å². The molecule has 0 saturated carbocycles. The molecule has 0 aliphatic rings. The van der Waals surface area contributed by atoms with Gasteiger partial charge in [-0.15, -0.1) is 0 Å². The van der Waals surface area contributed by atoms with E-state index in [4.69, 9.17) is 5.26 Å². The summed E-state index contributed by atoms with van der Waals surface area (Å²) < 4.78 is 0. The van der Waals surface area contributed by atoms with E-state index in [0.29, 0.717) is 12.5 Å². The largest absolute Gasteiger partial charge is 0.309 e. The van der Waals surface area contributed by atoms with Gasteiger partial charge in [0.25, 0.3) is 0 Å². The summed E-state index contributed by atoms with van der Waals surface area (Å²) >= 11 is 0. The van der Waals surface area contributed by atoms with Gasteiger partial charge in [0.2, 0.25) is 0 Å². The molecule has 0 bridgehead atoms. The van der Waals surface area contributed by atoms with Crippen molar-refractivity contribution < 1.29 is 0 Å². The van der Waals surface area contributed by atoms with Gasteiger partial charge in [-0.3, -0.25) is 0 Å². The Morgan fingerprint density at radius 3 is 2.31 bits per heavy atom. The molecule has 0 saturated heterocycles. The smallest absolute Gasteiger partial charge is 0.0638 e. The lowest BCUT2D eigenvalue weighted by molar-refractivity contribution is 0.505. The topological polar surface area (TPSA) is 35.8 Å². The number of nitriles is 1. The monoisotopic (exact) mass is 216 g/mol. The van der Waals surface area contributed by atoms with Crippen molar-refractivity contribution in [3.8, 4) is 6.07 Å². The summed E-state index contributed by atoms with van der Waals surface area (Å²) in [5, 5.41) is 12.0. The minimum Gasteiger partial charge on any atom is -0.309 e. The molecule has 1 unspecified atom stereocenters. The van der Waals surface area contributed by atoms with Gasteiger partial charge in [0.1, 0.15) is 0 Å². The molecule has 2 nitrogen and oxygen atoms in total. The highest BCUT2D eigenvalue weighted by Gasteiger charge is 2.04. The highest BCUT2D eigenvalue weighted by Crippen LogP contribution is 2.06. The Hall–Kier alpha value is -1.33. The van der Waals surface area contributed by atoms with Crippen molar-refractivity contribution in [2.24, 2.45) is 0 Å². The van der Waals surface area contributed by atoms with Gasteiger partial charge in [0.05, 0.1) is 12.5 Å². The first-order valence-electron chi connectivity index (χ1n) is 5.98. The van der Waals surface area contributed by atoms with E-state index < -0.39 is 0 Å². The van der Waals surface area contributed by atoms with Crippen LogP contribution in [0.4, 0.5) is 0 Å². The predicted octanol–water partition coefficient (Wildman–Crippen LogP) is 3.03. The van der Waals surface area contributed by atoms with Crippen LogP contribution in [0.25, 0.3) is 0 Å². The molecule has 0 heterocycles. The third kappa shape index (κ3) is 4.04. The van der Waals surface area contributed by atoms with Crippen LogP contribution in [0.1, 0.15) is 37.8 Å². The molecule has 86 valence electrons. The minimum atomic E-state index is 0.316. The molecule has 0 aliphatic carbocycles. The molecule has 1 rings (SSSR count). The normalized spacial score (nSPS) is 12.1. The van der Waals surface area contributed by atoms with Crippen molar-refractivity contribution in [1.82, 2.24) is 5.32 Å². The van der Waals surface area contributed by atoms with E-state index in [9.17, 15) is 0 Å². The van der Waals surface area contributed by atoms with Crippen LogP contribution < -0.4 is 5.32 Å². The molecule has 0 amide bonds. The Labute approximate surface area is 98.3 Å². The number of nitrogens with one attached hydrogen (secondary N) is 1. The summed E-state index contributed by atoms with van der Waals surface area (Å²) in [6, 6.07) is 11.2. The number of rotatable bonds is 6. The SMILES string of the molecule is CCc1ccc(CNC(CC)CC#N)cc1. The number of nitrogens with zero attached hydrogens (tertiary/aromatic N) is 1. The molecular formula is C14H20N2. The predicted molar refractivity (Wildman–Crippen MR) is 67.0 cm³/mol. The number of benzene rings is 1. The summed E-state index contributed by atoms with van der Waals surface area (Å²) in [5.41, 5.74) is 2.65. The van der Waals surface area contributed by atoms with Gasteiger partial charge in [-0.25, -0.2) is 0 Å². The van der Waals surface area contributed by atoms with Crippen molar-refractivity contribution >= 4 is 0 Å². The van der Waals surface area contributed by atoms with Gasteiger partial charge >= 0.3 is 0 Å². The van der Waals surface area contributed by atoms with Gasteiger partial charge in [-0.05, 0) is 24.0 Å². The molecule has 0 spiro atoms. The van der Waals surface area contributed by atoms with Crippen LogP contribution in [-0.2, 0) is 13.0 Å². The van der Waals surface area contributed by atoms with Crippen LogP contribution in [0, 0.1) is 11.3 Å². The Balaban J connectivity index is 2.44. The Morgan fingerprint density at radius 1 is 1.19 bits per heavy atom. The first kappa shape index (κ1) is 12.7. The van der Waals surface area contributed by atoms with E-state index in [1.807, 2.05) is 0 Å². The summed E-state index contributed by atoms with van der Waals surface area (Å²) in [6.07, 6.45) is 2.67. The van der Waals surface area contributed by atoms with Gasteiger partial charge < -0.3 is 5.32 Å². The zero-order chi connectivity index (χ0) is 11.8. The molecule has 1 aromatic carbocycles. The second-order valence-electron chi connectivity index (χ2n) is 4.02. The van der Waals surface area contributed by atoms with Gasteiger partial charge in [-0.1, -0.05) is 38.1 Å². The molecular weight excluding hydrogens is 196 g/mol. The zero-order valence-corrected chi connectivity index (χ0v) is 10.2. The van der Waals surface area contributed by atoms with Crippen LogP contribution in [-0.4, -0.2) is 6.04 Å². The fraction of sp³-hybridized carbons (Fsp3) is 0.500. The molecule has 0 aromatic heterocycles. The second kappa shape index (κ2) is 7.03. The lowest BCUT2D eigenvalue weighted by atomic mass is 10.1. The second-order valence-corrected chi connectivity index (χ2v) is 4.02. The molecule has 2 heteroatoms. The summed E-state index contributed by atoms with van der Waals surface area (Å²) in [7, 11) is 0. The standard InChI is InChI=1S/C14H20N2/c1-3-12-5-7-13(8-6-12)11-16-14(4-2)9-10-15/h5-8,14,16H,3-4,9,11H2,1-2H3. The first-order valence-corrected chi connectivity index (χ1v) is 5.98. The average Bonchev–Trinajstić information content (AvgIpc) is 2.35. The minimum absolute atomic E-state index is 0.316. The first-order chi connectivity index (χ1) is 7.80. The van der Waals surface area contributed by atoms with Gasteiger partial charge in [0, 0.05) is 12.6 Å².